The van der Waals surface area contributed by atoms with Gasteiger partial charge in [0.05, 0.1) is 0 Å². The highest BCUT2D eigenvalue weighted by Crippen LogP contribution is 2.23. The number of piperidine rings is 1. The van der Waals surface area contributed by atoms with Crippen molar-refractivity contribution in [2.75, 3.05) is 19.7 Å². The molecule has 1 fully saturated rings. The number of carbonyl (C=O) groups is 2. The van der Waals surface area contributed by atoms with Crippen molar-refractivity contribution in [3.63, 3.8) is 0 Å². The summed E-state index contributed by atoms with van der Waals surface area (Å²) >= 11 is 5.92. The number of carboxylic acids is 1. The number of amides is 1. The molecule has 0 bridgehead atoms. The smallest absolute Gasteiger partial charge is 0.335 e. The van der Waals surface area contributed by atoms with Crippen molar-refractivity contribution in [2.45, 2.75) is 25.4 Å². The van der Waals surface area contributed by atoms with E-state index in [1.165, 1.54) is 4.90 Å². The standard InChI is InChI=1S/C15H18ClNO5/c1-10-8-11(2-3-12(10)16)22-9-13(18)17-6-4-15(21,5-7-17)14(19)20/h2-3,8,21H,4-7,9H2,1H3,(H,19,20). The summed E-state index contributed by atoms with van der Waals surface area (Å²) in [4.78, 5) is 24.5. The second-order valence-electron chi connectivity index (χ2n) is 5.42. The monoisotopic (exact) mass is 327 g/mol. The quantitative estimate of drug-likeness (QED) is 0.874. The molecule has 0 saturated carbocycles. The maximum absolute atomic E-state index is 12.0. The molecule has 1 heterocycles. The van der Waals surface area contributed by atoms with Gasteiger partial charge in [0, 0.05) is 31.0 Å². The second kappa shape index (κ2) is 6.54. The van der Waals surface area contributed by atoms with Gasteiger partial charge in [0.25, 0.3) is 5.91 Å². The number of hydrogen-bond acceptors (Lipinski definition) is 4. The number of ether oxygens (including phenoxy) is 1. The van der Waals surface area contributed by atoms with Gasteiger partial charge in [-0.15, -0.1) is 0 Å². The lowest BCUT2D eigenvalue weighted by atomic mass is 9.92. The van der Waals surface area contributed by atoms with Crippen molar-refractivity contribution in [3.05, 3.63) is 28.8 Å². The van der Waals surface area contributed by atoms with E-state index in [1.807, 2.05) is 6.92 Å². The predicted octanol–water partition coefficient (Wildman–Crippen LogP) is 1.47. The maximum Gasteiger partial charge on any atom is 0.335 e. The molecule has 7 heteroatoms. The molecule has 0 atom stereocenters. The van der Waals surface area contributed by atoms with Crippen LogP contribution in [0, 0.1) is 6.92 Å². The van der Waals surface area contributed by atoms with E-state index in [4.69, 9.17) is 21.4 Å². The molecule has 1 aliphatic rings. The first-order valence-corrected chi connectivity index (χ1v) is 7.32. The van der Waals surface area contributed by atoms with E-state index in [-0.39, 0.29) is 38.4 Å². The summed E-state index contributed by atoms with van der Waals surface area (Å²) in [7, 11) is 0. The molecule has 1 aromatic rings. The summed E-state index contributed by atoms with van der Waals surface area (Å²) in [6, 6.07) is 5.13. The molecule has 0 aromatic heterocycles. The van der Waals surface area contributed by atoms with Crippen molar-refractivity contribution in [2.24, 2.45) is 0 Å². The van der Waals surface area contributed by atoms with E-state index in [1.54, 1.807) is 18.2 Å². The first-order chi connectivity index (χ1) is 10.3. The van der Waals surface area contributed by atoms with Crippen LogP contribution < -0.4 is 4.74 Å². The van der Waals surface area contributed by atoms with Crippen molar-refractivity contribution in [3.8, 4) is 5.75 Å². The number of aryl methyl sites for hydroxylation is 1. The Labute approximate surface area is 133 Å². The van der Waals surface area contributed by atoms with E-state index in [9.17, 15) is 14.7 Å². The molecule has 1 saturated heterocycles. The van der Waals surface area contributed by atoms with Gasteiger partial charge in [0.2, 0.25) is 0 Å². The maximum atomic E-state index is 12.0. The first-order valence-electron chi connectivity index (χ1n) is 6.94. The van der Waals surface area contributed by atoms with Gasteiger partial charge < -0.3 is 19.8 Å². The fraction of sp³-hybridized carbons (Fsp3) is 0.467. The highest BCUT2D eigenvalue weighted by atomic mass is 35.5. The number of carbonyl (C=O) groups excluding carboxylic acids is 1. The van der Waals surface area contributed by atoms with Crippen LogP contribution in [0.15, 0.2) is 18.2 Å². The fourth-order valence-electron chi connectivity index (χ4n) is 2.28. The molecule has 120 valence electrons. The van der Waals surface area contributed by atoms with Crippen LogP contribution in [0.1, 0.15) is 18.4 Å². The third kappa shape index (κ3) is 3.69. The summed E-state index contributed by atoms with van der Waals surface area (Å²) in [5, 5.41) is 19.4. The zero-order valence-corrected chi connectivity index (χ0v) is 13.0. The van der Waals surface area contributed by atoms with Gasteiger partial charge >= 0.3 is 5.97 Å². The zero-order chi connectivity index (χ0) is 16.3. The topological polar surface area (TPSA) is 87.1 Å². The van der Waals surface area contributed by atoms with E-state index >= 15 is 0 Å². The van der Waals surface area contributed by atoms with Gasteiger partial charge in [-0.3, -0.25) is 4.79 Å². The number of aliphatic carboxylic acids is 1. The third-order valence-corrected chi connectivity index (χ3v) is 4.26. The largest absolute Gasteiger partial charge is 0.484 e. The minimum atomic E-state index is -1.73. The van der Waals surface area contributed by atoms with Crippen molar-refractivity contribution >= 4 is 23.5 Å². The molecule has 22 heavy (non-hydrogen) atoms. The first kappa shape index (κ1) is 16.6. The summed E-state index contributed by atoms with van der Waals surface area (Å²) in [5.41, 5.74) is -0.874. The summed E-state index contributed by atoms with van der Waals surface area (Å²) < 4.78 is 5.43. The Morgan fingerprint density at radius 2 is 2.00 bits per heavy atom. The molecule has 2 N–H and O–H groups in total. The Morgan fingerprint density at radius 3 is 2.55 bits per heavy atom. The lowest BCUT2D eigenvalue weighted by Gasteiger charge is -2.35. The molecule has 0 aliphatic carbocycles. The molecule has 1 amide bonds. The zero-order valence-electron chi connectivity index (χ0n) is 12.2. The normalized spacial score (nSPS) is 17.1. The number of nitrogens with zero attached hydrogens (tertiary/aromatic N) is 1. The number of halogens is 1. The minimum absolute atomic E-state index is 0.0220. The fourth-order valence-corrected chi connectivity index (χ4v) is 2.40. The molecule has 6 nitrogen and oxygen atoms in total. The number of rotatable bonds is 4. The lowest BCUT2D eigenvalue weighted by molar-refractivity contribution is -0.165. The van der Waals surface area contributed by atoms with Crippen LogP contribution in [0.4, 0.5) is 0 Å². The highest BCUT2D eigenvalue weighted by molar-refractivity contribution is 6.31. The van der Waals surface area contributed by atoms with Crippen LogP contribution in [0.25, 0.3) is 0 Å². The van der Waals surface area contributed by atoms with Crippen molar-refractivity contribution < 1.29 is 24.5 Å². The molecular weight excluding hydrogens is 310 g/mol. The third-order valence-electron chi connectivity index (χ3n) is 3.83. The van der Waals surface area contributed by atoms with Crippen LogP contribution in [-0.2, 0) is 9.59 Å². The molecule has 1 aromatic carbocycles. The van der Waals surface area contributed by atoms with Gasteiger partial charge in [-0.25, -0.2) is 4.79 Å². The Balaban J connectivity index is 1.86. The van der Waals surface area contributed by atoms with Crippen LogP contribution in [-0.4, -0.2) is 52.3 Å². The van der Waals surface area contributed by atoms with Crippen LogP contribution in [0.5, 0.6) is 5.75 Å². The number of likely N-dealkylation sites (tertiary alicyclic amines) is 1. The van der Waals surface area contributed by atoms with Crippen molar-refractivity contribution in [1.29, 1.82) is 0 Å². The molecule has 0 unspecified atom stereocenters. The van der Waals surface area contributed by atoms with Crippen LogP contribution in [0.3, 0.4) is 0 Å². The molecule has 0 radical (unpaired) electrons. The van der Waals surface area contributed by atoms with E-state index in [0.29, 0.717) is 10.8 Å². The van der Waals surface area contributed by atoms with Gasteiger partial charge in [0.1, 0.15) is 5.75 Å². The van der Waals surface area contributed by atoms with E-state index in [0.717, 1.165) is 5.56 Å². The number of aliphatic hydroxyl groups is 1. The predicted molar refractivity (Wildman–Crippen MR) is 80.1 cm³/mol. The Morgan fingerprint density at radius 1 is 1.36 bits per heavy atom. The van der Waals surface area contributed by atoms with E-state index in [2.05, 4.69) is 0 Å². The number of benzene rings is 1. The average molecular weight is 328 g/mol. The average Bonchev–Trinajstić information content (AvgIpc) is 2.49. The molecule has 0 spiro atoms. The summed E-state index contributed by atoms with van der Waals surface area (Å²) in [6.45, 7) is 2.11. The van der Waals surface area contributed by atoms with Crippen LogP contribution in [0.2, 0.25) is 5.02 Å². The Hall–Kier alpha value is -1.79. The SMILES string of the molecule is Cc1cc(OCC(=O)N2CCC(O)(C(=O)O)CC2)ccc1Cl. The van der Waals surface area contributed by atoms with Crippen LogP contribution >= 0.6 is 11.6 Å². The van der Waals surface area contributed by atoms with Gasteiger partial charge in [-0.05, 0) is 30.7 Å². The summed E-state index contributed by atoms with van der Waals surface area (Å²) in [6.07, 6.45) is 0.0439. The summed E-state index contributed by atoms with van der Waals surface area (Å²) in [5.74, 6) is -0.929. The Bertz CT molecular complexity index is 581. The molecule has 2 rings (SSSR count). The second-order valence-corrected chi connectivity index (χ2v) is 5.82. The lowest BCUT2D eigenvalue weighted by Crippen LogP contribution is -2.51. The van der Waals surface area contributed by atoms with Gasteiger partial charge in [-0.2, -0.15) is 0 Å². The van der Waals surface area contributed by atoms with Crippen molar-refractivity contribution in [1.82, 2.24) is 4.90 Å². The number of carboxylic acid groups (broad SMARTS) is 1. The number of hydrogen-bond donors (Lipinski definition) is 2. The van der Waals surface area contributed by atoms with Gasteiger partial charge in [0.15, 0.2) is 12.2 Å². The van der Waals surface area contributed by atoms with E-state index < -0.39 is 11.6 Å². The van der Waals surface area contributed by atoms with Gasteiger partial charge in [-0.1, -0.05) is 11.6 Å². The highest BCUT2D eigenvalue weighted by Gasteiger charge is 2.40. The Kier molecular flexibility index (Phi) is 4.93. The molecular formula is C15H18ClNO5. The molecule has 1 aliphatic heterocycles. The minimum Gasteiger partial charge on any atom is -0.484 e.